The highest BCUT2D eigenvalue weighted by atomic mass is 16.5. The molecule has 2 amide bonds. The molecule has 6 heteroatoms. The number of nitrogens with zero attached hydrogens (tertiary/aromatic N) is 1. The average Bonchev–Trinajstić information content (AvgIpc) is 2.44. The monoisotopic (exact) mass is 306 g/mol. The van der Waals surface area contributed by atoms with E-state index in [2.05, 4.69) is 5.32 Å². The molecular weight excluding hydrogens is 284 g/mol. The van der Waals surface area contributed by atoms with E-state index in [-0.39, 0.29) is 11.8 Å². The second kappa shape index (κ2) is 7.49. The van der Waals surface area contributed by atoms with Gasteiger partial charge in [-0.25, -0.2) is 0 Å². The Morgan fingerprint density at radius 2 is 1.64 bits per heavy atom. The summed E-state index contributed by atoms with van der Waals surface area (Å²) in [6.45, 7) is 3.64. The summed E-state index contributed by atoms with van der Waals surface area (Å²) in [5, 5.41) is 2.71. The predicted octanol–water partition coefficient (Wildman–Crippen LogP) is 2.31. The number of methoxy groups -OCH3 is 2. The van der Waals surface area contributed by atoms with Crippen LogP contribution < -0.4 is 14.8 Å². The number of ether oxygens (including phenoxy) is 2. The molecule has 0 aliphatic rings. The lowest BCUT2D eigenvalue weighted by Crippen LogP contribution is -2.24. The van der Waals surface area contributed by atoms with Crippen LogP contribution in [0.2, 0.25) is 0 Å². The normalized spacial score (nSPS) is 9.73. The molecule has 22 heavy (non-hydrogen) atoms. The van der Waals surface area contributed by atoms with Crippen LogP contribution in [0.3, 0.4) is 0 Å². The third kappa shape index (κ3) is 4.25. The van der Waals surface area contributed by atoms with Crippen molar-refractivity contribution in [1.82, 2.24) is 4.90 Å². The van der Waals surface area contributed by atoms with Gasteiger partial charge in [0, 0.05) is 26.2 Å². The van der Waals surface area contributed by atoms with Gasteiger partial charge in [0.1, 0.15) is 0 Å². The molecule has 1 N–H and O–H groups in total. The van der Waals surface area contributed by atoms with Crippen LogP contribution in [0.4, 0.5) is 5.69 Å². The molecular formula is C16H22N2O4. The number of anilines is 1. The number of hydrogen-bond acceptors (Lipinski definition) is 4. The molecule has 1 aromatic rings. The zero-order chi connectivity index (χ0) is 16.9. The minimum atomic E-state index is -0.306. The van der Waals surface area contributed by atoms with Gasteiger partial charge in [0.2, 0.25) is 5.91 Å². The molecule has 0 aliphatic carbocycles. The van der Waals surface area contributed by atoms with Gasteiger partial charge in [0.05, 0.1) is 25.5 Å². The van der Waals surface area contributed by atoms with E-state index >= 15 is 0 Å². The standard InChI is InChI=1S/C16H22N2O4/c1-10(2)7-15(19)17-12-9-14(22-6)13(21-5)8-11(12)16(20)18(3)4/h7-9H,1-6H3,(H,17,19). The summed E-state index contributed by atoms with van der Waals surface area (Å²) in [6.07, 6.45) is 1.46. The topological polar surface area (TPSA) is 67.9 Å². The van der Waals surface area contributed by atoms with Crippen LogP contribution in [0.5, 0.6) is 11.5 Å². The first-order valence-electron chi connectivity index (χ1n) is 6.73. The Morgan fingerprint density at radius 1 is 1.09 bits per heavy atom. The number of hydrogen-bond donors (Lipinski definition) is 1. The summed E-state index contributed by atoms with van der Waals surface area (Å²) in [7, 11) is 6.26. The third-order valence-corrected chi connectivity index (χ3v) is 2.84. The summed E-state index contributed by atoms with van der Waals surface area (Å²) in [6, 6.07) is 3.13. The maximum absolute atomic E-state index is 12.3. The Kier molecular flexibility index (Phi) is 5.98. The fraction of sp³-hybridized carbons (Fsp3) is 0.375. The fourth-order valence-corrected chi connectivity index (χ4v) is 1.83. The Labute approximate surface area is 130 Å². The molecule has 0 heterocycles. The fourth-order valence-electron chi connectivity index (χ4n) is 1.83. The van der Waals surface area contributed by atoms with E-state index in [9.17, 15) is 9.59 Å². The molecule has 0 saturated heterocycles. The zero-order valence-corrected chi connectivity index (χ0v) is 13.8. The molecule has 0 saturated carbocycles. The first-order chi connectivity index (χ1) is 10.3. The smallest absolute Gasteiger partial charge is 0.255 e. The van der Waals surface area contributed by atoms with Crippen LogP contribution in [0, 0.1) is 0 Å². The molecule has 0 bridgehead atoms. The van der Waals surface area contributed by atoms with Gasteiger partial charge < -0.3 is 19.7 Å². The minimum absolute atomic E-state index is 0.242. The van der Waals surface area contributed by atoms with Gasteiger partial charge in [-0.1, -0.05) is 5.57 Å². The molecule has 0 fully saturated rings. The number of benzene rings is 1. The van der Waals surface area contributed by atoms with Crippen LogP contribution in [0.25, 0.3) is 0 Å². The number of rotatable bonds is 5. The molecule has 0 aromatic heterocycles. The van der Waals surface area contributed by atoms with Gasteiger partial charge >= 0.3 is 0 Å². The van der Waals surface area contributed by atoms with Crippen molar-refractivity contribution in [3.8, 4) is 11.5 Å². The number of carbonyl (C=O) groups is 2. The molecule has 0 spiro atoms. The van der Waals surface area contributed by atoms with Crippen LogP contribution in [-0.2, 0) is 4.79 Å². The molecule has 120 valence electrons. The van der Waals surface area contributed by atoms with E-state index in [1.807, 2.05) is 13.8 Å². The lowest BCUT2D eigenvalue weighted by Gasteiger charge is -2.17. The van der Waals surface area contributed by atoms with Crippen molar-refractivity contribution in [1.29, 1.82) is 0 Å². The highest BCUT2D eigenvalue weighted by molar-refractivity contribution is 6.07. The van der Waals surface area contributed by atoms with Gasteiger partial charge in [-0.2, -0.15) is 0 Å². The van der Waals surface area contributed by atoms with Gasteiger partial charge in [0.25, 0.3) is 5.91 Å². The summed E-state index contributed by atoms with van der Waals surface area (Å²) in [5.74, 6) is 0.312. The Balaban J connectivity index is 3.35. The molecule has 0 unspecified atom stereocenters. The predicted molar refractivity (Wildman–Crippen MR) is 85.6 cm³/mol. The Bertz CT molecular complexity index is 602. The molecule has 0 radical (unpaired) electrons. The summed E-state index contributed by atoms with van der Waals surface area (Å²) in [4.78, 5) is 25.7. The highest BCUT2D eigenvalue weighted by Gasteiger charge is 2.19. The van der Waals surface area contributed by atoms with Crippen molar-refractivity contribution in [2.24, 2.45) is 0 Å². The van der Waals surface area contributed by atoms with Crippen LogP contribution in [-0.4, -0.2) is 45.0 Å². The second-order valence-corrected chi connectivity index (χ2v) is 5.16. The van der Waals surface area contributed by atoms with Crippen molar-refractivity contribution in [2.75, 3.05) is 33.6 Å². The maximum Gasteiger partial charge on any atom is 0.255 e. The molecule has 0 aliphatic heterocycles. The lowest BCUT2D eigenvalue weighted by atomic mass is 10.1. The van der Waals surface area contributed by atoms with Gasteiger partial charge in [0.15, 0.2) is 11.5 Å². The van der Waals surface area contributed by atoms with Gasteiger partial charge in [-0.05, 0) is 19.9 Å². The number of carbonyl (C=O) groups excluding carboxylic acids is 2. The van der Waals surface area contributed by atoms with Crippen molar-refractivity contribution in [3.05, 3.63) is 29.3 Å². The molecule has 0 atom stereocenters. The molecule has 1 aromatic carbocycles. The van der Waals surface area contributed by atoms with E-state index in [0.29, 0.717) is 22.7 Å². The lowest BCUT2D eigenvalue weighted by molar-refractivity contribution is -0.111. The van der Waals surface area contributed by atoms with Crippen LogP contribution in [0.15, 0.2) is 23.8 Å². The van der Waals surface area contributed by atoms with E-state index in [4.69, 9.17) is 9.47 Å². The zero-order valence-electron chi connectivity index (χ0n) is 13.8. The summed E-state index contributed by atoms with van der Waals surface area (Å²) in [5.41, 5.74) is 1.57. The number of allylic oxidation sites excluding steroid dienone is 1. The number of amides is 2. The molecule has 1 rings (SSSR count). The van der Waals surface area contributed by atoms with Gasteiger partial charge in [-0.15, -0.1) is 0 Å². The number of nitrogens with one attached hydrogen (secondary N) is 1. The first kappa shape index (κ1) is 17.6. The third-order valence-electron chi connectivity index (χ3n) is 2.84. The van der Waals surface area contributed by atoms with E-state index < -0.39 is 0 Å². The van der Waals surface area contributed by atoms with E-state index in [1.165, 1.54) is 25.2 Å². The second-order valence-electron chi connectivity index (χ2n) is 5.16. The SMILES string of the molecule is COc1cc(NC(=O)C=C(C)C)c(C(=O)N(C)C)cc1OC. The van der Waals surface area contributed by atoms with E-state index in [0.717, 1.165) is 5.57 Å². The average molecular weight is 306 g/mol. The van der Waals surface area contributed by atoms with Crippen LogP contribution in [0.1, 0.15) is 24.2 Å². The first-order valence-corrected chi connectivity index (χ1v) is 6.73. The highest BCUT2D eigenvalue weighted by Crippen LogP contribution is 2.33. The van der Waals surface area contributed by atoms with Crippen molar-refractivity contribution in [2.45, 2.75) is 13.8 Å². The van der Waals surface area contributed by atoms with Crippen molar-refractivity contribution < 1.29 is 19.1 Å². The largest absolute Gasteiger partial charge is 0.493 e. The quantitative estimate of drug-likeness (QED) is 0.848. The van der Waals surface area contributed by atoms with Gasteiger partial charge in [-0.3, -0.25) is 9.59 Å². The molecule has 6 nitrogen and oxygen atoms in total. The van der Waals surface area contributed by atoms with E-state index in [1.54, 1.807) is 26.2 Å². The van der Waals surface area contributed by atoms with Crippen LogP contribution >= 0.6 is 0 Å². The van der Waals surface area contributed by atoms with Crippen molar-refractivity contribution in [3.63, 3.8) is 0 Å². The summed E-state index contributed by atoms with van der Waals surface area (Å²) < 4.78 is 10.4. The minimum Gasteiger partial charge on any atom is -0.493 e. The summed E-state index contributed by atoms with van der Waals surface area (Å²) >= 11 is 0. The van der Waals surface area contributed by atoms with Crippen molar-refractivity contribution >= 4 is 17.5 Å². The maximum atomic E-state index is 12.3. The Hall–Kier alpha value is -2.50. The Morgan fingerprint density at radius 3 is 2.09 bits per heavy atom.